The smallest absolute Gasteiger partial charge is 0.141 e. The molecule has 2 aromatic rings. The van der Waals surface area contributed by atoms with Crippen LogP contribution in [0.5, 0.6) is 0 Å². The van der Waals surface area contributed by atoms with Gasteiger partial charge in [0, 0.05) is 31.3 Å². The minimum Gasteiger partial charge on any atom is -0.370 e. The van der Waals surface area contributed by atoms with Crippen molar-refractivity contribution >= 4 is 17.3 Å². The van der Waals surface area contributed by atoms with Crippen molar-refractivity contribution in [1.29, 1.82) is 0 Å². The maximum Gasteiger partial charge on any atom is 0.141 e. The first kappa shape index (κ1) is 15.3. The van der Waals surface area contributed by atoms with E-state index in [0.29, 0.717) is 0 Å². The average molecular weight is 284 g/mol. The number of nitrogens with zero attached hydrogens (tertiary/aromatic N) is 3. The third kappa shape index (κ3) is 3.32. The summed E-state index contributed by atoms with van der Waals surface area (Å²) in [5.74, 6) is 2.76. The molecule has 0 bridgehead atoms. The molecule has 1 heterocycles. The van der Waals surface area contributed by atoms with Crippen molar-refractivity contribution < 1.29 is 0 Å². The summed E-state index contributed by atoms with van der Waals surface area (Å²) in [6.07, 6.45) is 0.827. The highest BCUT2D eigenvalue weighted by molar-refractivity contribution is 5.67. The minimum atomic E-state index is 0.827. The highest BCUT2D eigenvalue weighted by Crippen LogP contribution is 2.29. The van der Waals surface area contributed by atoms with Gasteiger partial charge in [0.25, 0.3) is 0 Å². The fourth-order valence-corrected chi connectivity index (χ4v) is 2.33. The Morgan fingerprint density at radius 1 is 1.14 bits per heavy atom. The Bertz CT molecular complexity index is 622. The standard InChI is InChI=1S/C17H24N4/c1-6-15-19-16(18-7-2)13(4)17(20-15)21(5)14-10-8-9-12(3)11-14/h8-11H,6-7H2,1-5H3,(H,18,19,20). The lowest BCUT2D eigenvalue weighted by Gasteiger charge is -2.23. The van der Waals surface area contributed by atoms with Crippen molar-refractivity contribution in [2.24, 2.45) is 0 Å². The van der Waals surface area contributed by atoms with Crippen LogP contribution in [0.2, 0.25) is 0 Å². The quantitative estimate of drug-likeness (QED) is 0.905. The van der Waals surface area contributed by atoms with Crippen molar-refractivity contribution in [3.05, 3.63) is 41.2 Å². The topological polar surface area (TPSA) is 41.1 Å². The fraction of sp³-hybridized carbons (Fsp3) is 0.412. The van der Waals surface area contributed by atoms with Gasteiger partial charge in [0.2, 0.25) is 0 Å². The van der Waals surface area contributed by atoms with Crippen LogP contribution in [0.3, 0.4) is 0 Å². The van der Waals surface area contributed by atoms with Gasteiger partial charge in [0.1, 0.15) is 17.5 Å². The van der Waals surface area contributed by atoms with Crippen LogP contribution in [-0.2, 0) is 6.42 Å². The molecular weight excluding hydrogens is 260 g/mol. The van der Waals surface area contributed by atoms with Gasteiger partial charge in [-0.15, -0.1) is 0 Å². The van der Waals surface area contributed by atoms with Gasteiger partial charge < -0.3 is 10.2 Å². The number of aromatic nitrogens is 2. The Morgan fingerprint density at radius 2 is 1.90 bits per heavy atom. The lowest BCUT2D eigenvalue weighted by atomic mass is 10.2. The lowest BCUT2D eigenvalue weighted by Crippen LogP contribution is -2.16. The maximum absolute atomic E-state index is 4.71. The molecule has 0 unspecified atom stereocenters. The van der Waals surface area contributed by atoms with Crippen LogP contribution in [0.15, 0.2) is 24.3 Å². The van der Waals surface area contributed by atoms with Gasteiger partial charge >= 0.3 is 0 Å². The predicted molar refractivity (Wildman–Crippen MR) is 89.6 cm³/mol. The second kappa shape index (κ2) is 6.57. The van der Waals surface area contributed by atoms with Gasteiger partial charge in [-0.1, -0.05) is 19.1 Å². The van der Waals surface area contributed by atoms with Crippen LogP contribution >= 0.6 is 0 Å². The van der Waals surface area contributed by atoms with E-state index in [1.165, 1.54) is 5.56 Å². The second-order valence-corrected chi connectivity index (χ2v) is 5.22. The molecule has 0 spiro atoms. The molecule has 0 amide bonds. The second-order valence-electron chi connectivity index (χ2n) is 5.22. The zero-order valence-corrected chi connectivity index (χ0v) is 13.6. The molecule has 0 aliphatic heterocycles. The van der Waals surface area contributed by atoms with Crippen molar-refractivity contribution in [1.82, 2.24) is 9.97 Å². The average Bonchev–Trinajstić information content (AvgIpc) is 2.49. The molecule has 0 saturated carbocycles. The summed E-state index contributed by atoms with van der Waals surface area (Å²) in [5.41, 5.74) is 3.47. The lowest BCUT2D eigenvalue weighted by molar-refractivity contribution is 0.912. The summed E-state index contributed by atoms with van der Waals surface area (Å²) in [7, 11) is 2.05. The zero-order chi connectivity index (χ0) is 15.4. The summed E-state index contributed by atoms with van der Waals surface area (Å²) in [6.45, 7) is 9.19. The molecule has 112 valence electrons. The Labute approximate surface area is 127 Å². The predicted octanol–water partition coefficient (Wildman–Crippen LogP) is 3.86. The van der Waals surface area contributed by atoms with Crippen LogP contribution < -0.4 is 10.2 Å². The maximum atomic E-state index is 4.71. The van der Waals surface area contributed by atoms with Crippen LogP contribution in [0.1, 0.15) is 30.8 Å². The molecule has 1 aromatic heterocycles. The summed E-state index contributed by atoms with van der Waals surface area (Å²) in [4.78, 5) is 11.4. The van der Waals surface area contributed by atoms with Gasteiger partial charge in [-0.3, -0.25) is 0 Å². The Hall–Kier alpha value is -2.10. The Morgan fingerprint density at radius 3 is 2.52 bits per heavy atom. The summed E-state index contributed by atoms with van der Waals surface area (Å²) >= 11 is 0. The first-order valence-corrected chi connectivity index (χ1v) is 7.48. The molecule has 2 rings (SSSR count). The number of hydrogen-bond donors (Lipinski definition) is 1. The molecule has 21 heavy (non-hydrogen) atoms. The molecule has 0 fully saturated rings. The van der Waals surface area contributed by atoms with E-state index in [1.54, 1.807) is 0 Å². The monoisotopic (exact) mass is 284 g/mol. The molecule has 0 saturated heterocycles. The van der Waals surface area contributed by atoms with E-state index in [-0.39, 0.29) is 0 Å². The molecule has 0 aliphatic rings. The van der Waals surface area contributed by atoms with Crippen molar-refractivity contribution in [3.8, 4) is 0 Å². The van der Waals surface area contributed by atoms with Crippen LogP contribution in [0.25, 0.3) is 0 Å². The van der Waals surface area contributed by atoms with Crippen molar-refractivity contribution in [2.45, 2.75) is 34.1 Å². The van der Waals surface area contributed by atoms with E-state index >= 15 is 0 Å². The fourth-order valence-electron chi connectivity index (χ4n) is 2.33. The normalized spacial score (nSPS) is 10.5. The number of aryl methyl sites for hydroxylation is 2. The van der Waals surface area contributed by atoms with E-state index < -0.39 is 0 Å². The first-order chi connectivity index (χ1) is 10.1. The highest BCUT2D eigenvalue weighted by atomic mass is 15.2. The molecule has 0 aliphatic carbocycles. The van der Waals surface area contributed by atoms with Gasteiger partial charge in [0.05, 0.1) is 0 Å². The molecule has 1 aromatic carbocycles. The molecule has 0 atom stereocenters. The van der Waals surface area contributed by atoms with Crippen LogP contribution in [0, 0.1) is 13.8 Å². The minimum absolute atomic E-state index is 0.827. The molecule has 1 N–H and O–H groups in total. The summed E-state index contributed by atoms with van der Waals surface area (Å²) in [5, 5.41) is 3.33. The van der Waals surface area contributed by atoms with E-state index in [0.717, 1.165) is 41.7 Å². The largest absolute Gasteiger partial charge is 0.370 e. The summed E-state index contributed by atoms with van der Waals surface area (Å²) in [6, 6.07) is 8.45. The van der Waals surface area contributed by atoms with E-state index in [1.807, 2.05) is 0 Å². The molecule has 4 heteroatoms. The third-order valence-electron chi connectivity index (χ3n) is 3.53. The number of rotatable bonds is 5. The van der Waals surface area contributed by atoms with Gasteiger partial charge in [0.15, 0.2) is 0 Å². The van der Waals surface area contributed by atoms with E-state index in [9.17, 15) is 0 Å². The number of anilines is 3. The van der Waals surface area contributed by atoms with Gasteiger partial charge in [-0.2, -0.15) is 0 Å². The number of nitrogens with one attached hydrogen (secondary N) is 1. The van der Waals surface area contributed by atoms with Gasteiger partial charge in [-0.05, 0) is 38.5 Å². The highest BCUT2D eigenvalue weighted by Gasteiger charge is 2.14. The van der Waals surface area contributed by atoms with Crippen LogP contribution in [0.4, 0.5) is 17.3 Å². The third-order valence-corrected chi connectivity index (χ3v) is 3.53. The van der Waals surface area contributed by atoms with Gasteiger partial charge in [-0.25, -0.2) is 9.97 Å². The molecule has 4 nitrogen and oxygen atoms in total. The van der Waals surface area contributed by atoms with E-state index in [4.69, 9.17) is 4.98 Å². The van der Waals surface area contributed by atoms with Crippen molar-refractivity contribution in [2.75, 3.05) is 23.8 Å². The number of benzene rings is 1. The van der Waals surface area contributed by atoms with E-state index in [2.05, 4.69) is 74.2 Å². The Balaban J connectivity index is 2.48. The number of hydrogen-bond acceptors (Lipinski definition) is 4. The summed E-state index contributed by atoms with van der Waals surface area (Å²) < 4.78 is 0. The molecule has 0 radical (unpaired) electrons. The van der Waals surface area contributed by atoms with Crippen LogP contribution in [-0.4, -0.2) is 23.6 Å². The van der Waals surface area contributed by atoms with Crippen molar-refractivity contribution in [3.63, 3.8) is 0 Å². The molecular formula is C17H24N4. The first-order valence-electron chi connectivity index (χ1n) is 7.48. The SMILES string of the molecule is CCNc1nc(CC)nc(N(C)c2cccc(C)c2)c1C. The zero-order valence-electron chi connectivity index (χ0n) is 13.6. The Kier molecular flexibility index (Phi) is 4.78.